The second kappa shape index (κ2) is 10.4. The Labute approximate surface area is 186 Å². The number of carbonyl (C=O) groups excluding carboxylic acids is 2. The van der Waals surface area contributed by atoms with Gasteiger partial charge in [-0.05, 0) is 57.2 Å². The van der Waals surface area contributed by atoms with E-state index in [2.05, 4.69) is 29.2 Å². The Hall–Kier alpha value is -2.28. The predicted octanol–water partition coefficient (Wildman–Crippen LogP) is 3.52. The molecular weight excluding hydrogens is 394 g/mol. The Bertz CT molecular complexity index is 730. The molecule has 2 aliphatic rings. The van der Waals surface area contributed by atoms with E-state index >= 15 is 0 Å². The molecule has 0 atom stereocenters. The molecule has 2 heterocycles. The van der Waals surface area contributed by atoms with Gasteiger partial charge >= 0.3 is 6.09 Å². The molecule has 0 saturated carbocycles. The molecule has 0 bridgehead atoms. The van der Waals surface area contributed by atoms with Crippen molar-refractivity contribution in [2.75, 3.05) is 51.3 Å². The van der Waals surface area contributed by atoms with Crippen LogP contribution in [-0.2, 0) is 20.8 Å². The van der Waals surface area contributed by atoms with Crippen molar-refractivity contribution in [3.05, 3.63) is 29.8 Å². The highest BCUT2D eigenvalue weighted by atomic mass is 16.6. The molecule has 2 saturated heterocycles. The van der Waals surface area contributed by atoms with E-state index in [9.17, 15) is 9.59 Å². The van der Waals surface area contributed by atoms with Crippen molar-refractivity contribution in [3.63, 3.8) is 0 Å². The summed E-state index contributed by atoms with van der Waals surface area (Å²) in [5.41, 5.74) is 1.86. The molecular formula is C24H37N3O4. The number of amides is 2. The fourth-order valence-electron chi connectivity index (χ4n) is 4.04. The molecule has 7 nitrogen and oxygen atoms in total. The first kappa shape index (κ1) is 23.4. The third-order valence-corrected chi connectivity index (χ3v) is 5.89. The fraction of sp³-hybridized carbons (Fsp3) is 0.667. The smallest absolute Gasteiger partial charge is 0.410 e. The van der Waals surface area contributed by atoms with Gasteiger partial charge < -0.3 is 24.2 Å². The molecule has 2 amide bonds. The largest absolute Gasteiger partial charge is 0.444 e. The van der Waals surface area contributed by atoms with Crippen LogP contribution >= 0.6 is 0 Å². The Morgan fingerprint density at radius 2 is 1.68 bits per heavy atom. The van der Waals surface area contributed by atoms with Gasteiger partial charge in [0.25, 0.3) is 0 Å². The fourth-order valence-corrected chi connectivity index (χ4v) is 4.04. The first-order valence-corrected chi connectivity index (χ1v) is 11.3. The minimum absolute atomic E-state index is 0.160. The molecule has 31 heavy (non-hydrogen) atoms. The molecule has 1 aromatic carbocycles. The Morgan fingerprint density at radius 3 is 2.26 bits per heavy atom. The van der Waals surface area contributed by atoms with Gasteiger partial charge in [-0.3, -0.25) is 4.79 Å². The van der Waals surface area contributed by atoms with E-state index in [0.29, 0.717) is 32.0 Å². The number of nitrogens with zero attached hydrogens (tertiary/aromatic N) is 3. The van der Waals surface area contributed by atoms with Crippen LogP contribution in [0.5, 0.6) is 0 Å². The Balaban J connectivity index is 1.42. The van der Waals surface area contributed by atoms with Crippen LogP contribution in [0.25, 0.3) is 0 Å². The first-order chi connectivity index (χ1) is 14.7. The lowest BCUT2D eigenvalue weighted by Crippen LogP contribution is -2.42. The monoisotopic (exact) mass is 431 g/mol. The summed E-state index contributed by atoms with van der Waals surface area (Å²) in [7, 11) is 1.87. The van der Waals surface area contributed by atoms with Gasteiger partial charge in [0.15, 0.2) is 0 Å². The first-order valence-electron chi connectivity index (χ1n) is 11.3. The highest BCUT2D eigenvalue weighted by Crippen LogP contribution is 2.23. The molecule has 0 spiro atoms. The molecule has 0 aliphatic carbocycles. The number of carbonyl (C=O) groups is 2. The summed E-state index contributed by atoms with van der Waals surface area (Å²) in [6, 6.07) is 8.47. The van der Waals surface area contributed by atoms with Gasteiger partial charge in [0.1, 0.15) is 5.60 Å². The van der Waals surface area contributed by atoms with Crippen LogP contribution in [0.3, 0.4) is 0 Å². The Morgan fingerprint density at radius 1 is 1.06 bits per heavy atom. The number of likely N-dealkylation sites (tertiary alicyclic amines) is 1. The lowest BCUT2D eigenvalue weighted by Gasteiger charge is -2.33. The van der Waals surface area contributed by atoms with Crippen molar-refractivity contribution in [2.24, 2.45) is 5.92 Å². The quantitative estimate of drug-likeness (QED) is 0.714. The van der Waals surface area contributed by atoms with Crippen molar-refractivity contribution in [1.82, 2.24) is 9.80 Å². The number of hydrogen-bond donors (Lipinski definition) is 0. The van der Waals surface area contributed by atoms with Gasteiger partial charge in [0.2, 0.25) is 5.91 Å². The summed E-state index contributed by atoms with van der Waals surface area (Å²) in [6.45, 7) is 10.9. The number of ether oxygens (including phenoxy) is 2. The zero-order valence-electron chi connectivity index (χ0n) is 19.4. The Kier molecular flexibility index (Phi) is 7.81. The number of piperidine rings is 1. The molecule has 172 valence electrons. The average Bonchev–Trinajstić information content (AvgIpc) is 2.74. The van der Waals surface area contributed by atoms with Crippen LogP contribution in [0.15, 0.2) is 24.3 Å². The van der Waals surface area contributed by atoms with E-state index in [0.717, 1.165) is 44.7 Å². The van der Waals surface area contributed by atoms with E-state index in [1.165, 1.54) is 5.69 Å². The second-order valence-corrected chi connectivity index (χ2v) is 9.63. The molecule has 0 radical (unpaired) electrons. The van der Waals surface area contributed by atoms with Crippen LogP contribution in [0.4, 0.5) is 10.5 Å². The topological polar surface area (TPSA) is 62.3 Å². The van der Waals surface area contributed by atoms with E-state index < -0.39 is 5.60 Å². The lowest BCUT2D eigenvalue weighted by atomic mass is 9.93. The molecule has 3 rings (SSSR count). The van der Waals surface area contributed by atoms with E-state index in [1.54, 1.807) is 4.90 Å². The van der Waals surface area contributed by atoms with Crippen molar-refractivity contribution in [2.45, 2.75) is 52.2 Å². The minimum atomic E-state index is -0.479. The van der Waals surface area contributed by atoms with Gasteiger partial charge in [-0.2, -0.15) is 0 Å². The molecule has 0 aromatic heterocycles. The molecule has 1 aromatic rings. The zero-order valence-corrected chi connectivity index (χ0v) is 19.4. The molecule has 0 unspecified atom stereocenters. The van der Waals surface area contributed by atoms with Crippen LogP contribution in [0.2, 0.25) is 0 Å². The van der Waals surface area contributed by atoms with Crippen LogP contribution in [-0.4, -0.2) is 73.8 Å². The maximum absolute atomic E-state index is 12.7. The van der Waals surface area contributed by atoms with Gasteiger partial charge in [0, 0.05) is 51.9 Å². The molecule has 0 N–H and O–H groups in total. The van der Waals surface area contributed by atoms with E-state index in [4.69, 9.17) is 9.47 Å². The maximum Gasteiger partial charge on any atom is 0.410 e. The van der Waals surface area contributed by atoms with Crippen LogP contribution in [0, 0.1) is 5.92 Å². The normalized spacial score (nSPS) is 18.1. The number of benzene rings is 1. The standard InChI is InChI=1S/C24H37N3O4/c1-24(2,3)31-23(29)27-11-9-19(10-12-27)17-22(28)25(4)18-20-5-7-21(8-6-20)26-13-15-30-16-14-26/h5-8,19H,9-18H2,1-4H3. The predicted molar refractivity (Wildman–Crippen MR) is 121 cm³/mol. The third-order valence-electron chi connectivity index (χ3n) is 5.89. The minimum Gasteiger partial charge on any atom is -0.444 e. The summed E-state index contributed by atoms with van der Waals surface area (Å²) >= 11 is 0. The van der Waals surface area contributed by atoms with Crippen LogP contribution in [0.1, 0.15) is 45.6 Å². The van der Waals surface area contributed by atoms with Crippen molar-refractivity contribution >= 4 is 17.7 Å². The lowest BCUT2D eigenvalue weighted by molar-refractivity contribution is -0.131. The highest BCUT2D eigenvalue weighted by Gasteiger charge is 2.28. The van der Waals surface area contributed by atoms with Crippen molar-refractivity contribution in [3.8, 4) is 0 Å². The van der Waals surface area contributed by atoms with Crippen LogP contribution < -0.4 is 4.90 Å². The van der Waals surface area contributed by atoms with Gasteiger partial charge in [-0.1, -0.05) is 12.1 Å². The average molecular weight is 432 g/mol. The van der Waals surface area contributed by atoms with Gasteiger partial charge in [0.05, 0.1) is 13.2 Å². The third kappa shape index (κ3) is 7.13. The number of anilines is 1. The molecule has 2 fully saturated rings. The van der Waals surface area contributed by atoms with E-state index in [1.807, 2.05) is 32.7 Å². The SMILES string of the molecule is CN(Cc1ccc(N2CCOCC2)cc1)C(=O)CC1CCN(C(=O)OC(C)(C)C)CC1. The number of morpholine rings is 1. The van der Waals surface area contributed by atoms with Crippen molar-refractivity contribution in [1.29, 1.82) is 0 Å². The number of rotatable bonds is 5. The summed E-state index contributed by atoms with van der Waals surface area (Å²) < 4.78 is 10.9. The molecule has 7 heteroatoms. The second-order valence-electron chi connectivity index (χ2n) is 9.63. The van der Waals surface area contributed by atoms with E-state index in [-0.39, 0.29) is 12.0 Å². The summed E-state index contributed by atoms with van der Waals surface area (Å²) in [5, 5.41) is 0. The summed E-state index contributed by atoms with van der Waals surface area (Å²) in [4.78, 5) is 30.8. The summed E-state index contributed by atoms with van der Waals surface area (Å²) in [5.74, 6) is 0.477. The summed E-state index contributed by atoms with van der Waals surface area (Å²) in [6.07, 6.45) is 1.96. The maximum atomic E-state index is 12.7. The van der Waals surface area contributed by atoms with Gasteiger partial charge in [-0.15, -0.1) is 0 Å². The zero-order chi connectivity index (χ0) is 22.4. The number of hydrogen-bond acceptors (Lipinski definition) is 5. The van der Waals surface area contributed by atoms with Gasteiger partial charge in [-0.25, -0.2) is 4.79 Å². The molecule has 2 aliphatic heterocycles. The highest BCUT2D eigenvalue weighted by molar-refractivity contribution is 5.76. The van der Waals surface area contributed by atoms with Crippen molar-refractivity contribution < 1.29 is 19.1 Å².